The fourth-order valence-corrected chi connectivity index (χ4v) is 4.84. The number of rotatable bonds is 4. The summed E-state index contributed by atoms with van der Waals surface area (Å²) < 4.78 is 35.2. The van der Waals surface area contributed by atoms with Crippen LogP contribution in [0, 0.1) is 24.5 Å². The Hall–Kier alpha value is -2.82. The van der Waals surface area contributed by atoms with Crippen LogP contribution in [0.15, 0.2) is 18.3 Å². The molecule has 0 amide bonds. The van der Waals surface area contributed by atoms with Gasteiger partial charge in [-0.1, -0.05) is 0 Å². The van der Waals surface area contributed by atoms with Gasteiger partial charge >= 0.3 is 0 Å². The van der Waals surface area contributed by atoms with E-state index >= 15 is 0 Å². The van der Waals surface area contributed by atoms with Crippen LogP contribution in [0.25, 0.3) is 22.2 Å². The Balaban J connectivity index is 1.53. The van der Waals surface area contributed by atoms with E-state index in [1.165, 1.54) is 0 Å². The van der Waals surface area contributed by atoms with Crippen molar-refractivity contribution in [2.24, 2.45) is 5.92 Å². The van der Waals surface area contributed by atoms with Crippen LogP contribution in [0.4, 0.5) is 14.7 Å². The number of ether oxygens (including phenoxy) is 1. The van der Waals surface area contributed by atoms with Crippen molar-refractivity contribution >= 4 is 16.9 Å². The zero-order valence-electron chi connectivity index (χ0n) is 18.5. The van der Waals surface area contributed by atoms with E-state index in [1.807, 2.05) is 0 Å². The molecule has 1 aliphatic heterocycles. The molecule has 2 bridgehead atoms. The van der Waals surface area contributed by atoms with E-state index in [4.69, 9.17) is 4.74 Å². The molecule has 33 heavy (non-hydrogen) atoms. The van der Waals surface area contributed by atoms with Crippen LogP contribution in [0.2, 0.25) is 0 Å². The highest BCUT2D eigenvalue weighted by molar-refractivity contribution is 5.87. The van der Waals surface area contributed by atoms with Crippen molar-refractivity contribution in [3.05, 3.63) is 41.2 Å². The highest BCUT2D eigenvalue weighted by Gasteiger charge is 2.42. The topological polar surface area (TPSA) is 113 Å². The summed E-state index contributed by atoms with van der Waals surface area (Å²) in [6.45, 7) is 5.45. The van der Waals surface area contributed by atoms with Gasteiger partial charge in [-0.05, 0) is 57.2 Å². The minimum Gasteiger partial charge on any atom is -0.388 e. The average Bonchev–Trinajstić information content (AvgIpc) is 3.16. The van der Waals surface area contributed by atoms with Crippen LogP contribution >= 0.6 is 0 Å². The zero-order chi connectivity index (χ0) is 23.5. The second-order valence-corrected chi connectivity index (χ2v) is 9.43. The molecule has 2 aromatic heterocycles. The lowest BCUT2D eigenvalue weighted by Gasteiger charge is -2.32. The Bertz CT molecular complexity index is 1230. The summed E-state index contributed by atoms with van der Waals surface area (Å²) >= 11 is 0. The highest BCUT2D eigenvalue weighted by atomic mass is 19.1. The lowest BCUT2D eigenvalue weighted by Crippen LogP contribution is -2.45. The number of aryl methyl sites for hydroxylation is 1. The number of hydrogen-bond donors (Lipinski definition) is 3. The predicted octanol–water partition coefficient (Wildman–Crippen LogP) is 2.85. The van der Waals surface area contributed by atoms with Crippen molar-refractivity contribution in [2.45, 2.75) is 57.5 Å². The van der Waals surface area contributed by atoms with E-state index in [9.17, 15) is 19.0 Å². The molecule has 3 aromatic rings. The smallest absolute Gasteiger partial charge is 0.223 e. The Kier molecular flexibility index (Phi) is 5.26. The quantitative estimate of drug-likeness (QED) is 0.548. The lowest BCUT2D eigenvalue weighted by atomic mass is 9.85. The van der Waals surface area contributed by atoms with Crippen LogP contribution < -0.4 is 5.32 Å². The first-order valence-electron chi connectivity index (χ1n) is 10.9. The maximum atomic E-state index is 14.9. The molecular formula is C23H25F2N5O3. The van der Waals surface area contributed by atoms with Gasteiger partial charge in [0.25, 0.3) is 0 Å². The Morgan fingerprint density at radius 3 is 2.70 bits per heavy atom. The summed E-state index contributed by atoms with van der Waals surface area (Å²) in [7, 11) is 0. The number of aliphatic hydroxyl groups excluding tert-OH is 1. The number of fused-ring (bicyclic) bond motifs is 3. The SMILES string of the molecule is Cc1c(C(C)(C)O)nnc2c(F)cc(-c3nc(N[C@@H]4C[C@H]5CO[C@H](C5)[C@H]4O)ncc3F)cc12. The molecule has 5 rings (SSSR count). The molecular weight excluding hydrogens is 432 g/mol. The maximum absolute atomic E-state index is 14.9. The summed E-state index contributed by atoms with van der Waals surface area (Å²) in [5, 5.41) is 32.3. The van der Waals surface area contributed by atoms with Crippen LogP contribution in [0.5, 0.6) is 0 Å². The standard InChI is InChI=1S/C23H25F2N5O3/c1-10-13-6-12(7-14(24)19(13)29-30-21(10)23(2,3)32)18-15(25)8-26-22(28-18)27-16-4-11-5-17(20(16)31)33-9-11/h6-8,11,16-17,20,31-32H,4-5,9H2,1-3H3,(H,26,27,28)/t11-,16-,17-,20+/m1/s1. The number of aliphatic hydroxyl groups is 2. The molecule has 10 heteroatoms. The fourth-order valence-electron chi connectivity index (χ4n) is 4.84. The van der Waals surface area contributed by atoms with Gasteiger partial charge in [0.1, 0.15) is 22.9 Å². The number of benzene rings is 1. The Labute approximate surface area is 189 Å². The van der Waals surface area contributed by atoms with Crippen molar-refractivity contribution in [1.82, 2.24) is 20.2 Å². The van der Waals surface area contributed by atoms with E-state index < -0.39 is 23.3 Å². The van der Waals surface area contributed by atoms with Crippen molar-refractivity contribution < 1.29 is 23.7 Å². The molecule has 3 heterocycles. The number of halogens is 2. The Morgan fingerprint density at radius 2 is 1.94 bits per heavy atom. The van der Waals surface area contributed by atoms with Crippen molar-refractivity contribution in [1.29, 1.82) is 0 Å². The summed E-state index contributed by atoms with van der Waals surface area (Å²) in [5.74, 6) is -0.905. The minimum atomic E-state index is -1.28. The zero-order valence-corrected chi connectivity index (χ0v) is 18.5. The molecule has 1 aliphatic carbocycles. The molecule has 2 aliphatic rings. The summed E-state index contributed by atoms with van der Waals surface area (Å²) in [5.41, 5.74) is -0.286. The first-order chi connectivity index (χ1) is 15.6. The number of hydrogen-bond acceptors (Lipinski definition) is 8. The third-order valence-electron chi connectivity index (χ3n) is 6.48. The lowest BCUT2D eigenvalue weighted by molar-refractivity contribution is -0.00867. The van der Waals surface area contributed by atoms with Crippen molar-refractivity contribution in [3.63, 3.8) is 0 Å². The number of nitrogens with zero attached hydrogens (tertiary/aromatic N) is 4. The average molecular weight is 457 g/mol. The van der Waals surface area contributed by atoms with Gasteiger partial charge in [0.05, 0.1) is 30.6 Å². The van der Waals surface area contributed by atoms with Gasteiger partial charge in [0.2, 0.25) is 5.95 Å². The molecule has 4 atom stereocenters. The molecule has 8 nitrogen and oxygen atoms in total. The van der Waals surface area contributed by atoms with Gasteiger partial charge in [0, 0.05) is 10.9 Å². The number of aromatic nitrogens is 4. The monoisotopic (exact) mass is 457 g/mol. The van der Waals surface area contributed by atoms with Crippen LogP contribution in [0.3, 0.4) is 0 Å². The summed E-state index contributed by atoms with van der Waals surface area (Å²) in [4.78, 5) is 8.30. The van der Waals surface area contributed by atoms with Gasteiger partial charge in [0.15, 0.2) is 11.6 Å². The van der Waals surface area contributed by atoms with Gasteiger partial charge in [-0.2, -0.15) is 5.10 Å². The van der Waals surface area contributed by atoms with Crippen LogP contribution in [-0.4, -0.2) is 55.2 Å². The molecule has 1 aromatic carbocycles. The van der Waals surface area contributed by atoms with Crippen molar-refractivity contribution in [3.8, 4) is 11.3 Å². The maximum Gasteiger partial charge on any atom is 0.223 e. The van der Waals surface area contributed by atoms with E-state index in [0.29, 0.717) is 35.6 Å². The number of nitrogens with one attached hydrogen (secondary N) is 1. The molecule has 3 N–H and O–H groups in total. The third-order valence-corrected chi connectivity index (χ3v) is 6.48. The molecule has 1 saturated carbocycles. The van der Waals surface area contributed by atoms with Gasteiger partial charge in [-0.15, -0.1) is 5.10 Å². The molecule has 2 fully saturated rings. The van der Waals surface area contributed by atoms with Crippen LogP contribution in [-0.2, 0) is 10.3 Å². The molecule has 0 radical (unpaired) electrons. The van der Waals surface area contributed by atoms with Crippen LogP contribution in [0.1, 0.15) is 37.9 Å². The first-order valence-corrected chi connectivity index (χ1v) is 10.9. The fraction of sp³-hybridized carbons (Fsp3) is 0.478. The van der Waals surface area contributed by atoms with E-state index in [0.717, 1.165) is 18.7 Å². The largest absolute Gasteiger partial charge is 0.388 e. The summed E-state index contributed by atoms with van der Waals surface area (Å²) in [6.07, 6.45) is 1.58. The van der Waals surface area contributed by atoms with Crippen molar-refractivity contribution in [2.75, 3.05) is 11.9 Å². The molecule has 0 spiro atoms. The predicted molar refractivity (Wildman–Crippen MR) is 116 cm³/mol. The Morgan fingerprint density at radius 1 is 1.15 bits per heavy atom. The highest BCUT2D eigenvalue weighted by Crippen LogP contribution is 2.35. The molecule has 0 unspecified atom stereocenters. The van der Waals surface area contributed by atoms with E-state index in [1.54, 1.807) is 26.8 Å². The molecule has 1 saturated heterocycles. The normalized spacial score (nSPS) is 24.9. The van der Waals surface area contributed by atoms with E-state index in [2.05, 4.69) is 25.5 Å². The van der Waals surface area contributed by atoms with Gasteiger partial charge in [-0.3, -0.25) is 0 Å². The second kappa shape index (κ2) is 7.89. The van der Waals surface area contributed by atoms with E-state index in [-0.39, 0.29) is 34.9 Å². The first kappa shape index (κ1) is 22.0. The second-order valence-electron chi connectivity index (χ2n) is 9.43. The summed E-state index contributed by atoms with van der Waals surface area (Å²) in [6, 6.07) is 2.41. The number of anilines is 1. The minimum absolute atomic E-state index is 0.0258. The van der Waals surface area contributed by atoms with Gasteiger partial charge in [-0.25, -0.2) is 18.7 Å². The van der Waals surface area contributed by atoms with Gasteiger partial charge < -0.3 is 20.3 Å². The molecule has 174 valence electrons. The third kappa shape index (κ3) is 3.92.